The van der Waals surface area contributed by atoms with Crippen molar-refractivity contribution in [2.75, 3.05) is 26.8 Å². The minimum Gasteiger partial charge on any atom is -0.493 e. The van der Waals surface area contributed by atoms with E-state index in [0.717, 1.165) is 23.8 Å². The number of likely N-dealkylation sites (tertiary alicyclic amines) is 1. The van der Waals surface area contributed by atoms with Crippen molar-refractivity contribution in [3.63, 3.8) is 0 Å². The molecule has 1 aliphatic heterocycles. The summed E-state index contributed by atoms with van der Waals surface area (Å²) >= 11 is 1.68. The lowest BCUT2D eigenvalue weighted by molar-refractivity contribution is -0.132. The number of benzene rings is 2. The van der Waals surface area contributed by atoms with E-state index in [0.29, 0.717) is 37.8 Å². The van der Waals surface area contributed by atoms with Crippen LogP contribution >= 0.6 is 11.3 Å². The number of aliphatic hydroxyl groups is 1. The number of aldehydes is 1. The smallest absolute Gasteiger partial charge is 0.167 e. The summed E-state index contributed by atoms with van der Waals surface area (Å²) in [7, 11) is 1.64. The van der Waals surface area contributed by atoms with Crippen molar-refractivity contribution in [3.05, 3.63) is 82.0 Å². The highest BCUT2D eigenvalue weighted by molar-refractivity contribution is 7.07. The second kappa shape index (κ2) is 12.0. The van der Waals surface area contributed by atoms with Gasteiger partial charge in [0.05, 0.1) is 26.4 Å². The highest BCUT2D eigenvalue weighted by Crippen LogP contribution is 2.47. The van der Waals surface area contributed by atoms with E-state index < -0.39 is 17.7 Å². The second-order valence-corrected chi connectivity index (χ2v) is 10.4. The van der Waals surface area contributed by atoms with E-state index >= 15 is 0 Å². The first-order valence-electron chi connectivity index (χ1n) is 12.3. The minimum absolute atomic E-state index is 0.0228. The van der Waals surface area contributed by atoms with Crippen LogP contribution in [0.5, 0.6) is 11.5 Å². The first-order valence-corrected chi connectivity index (χ1v) is 13.2. The Morgan fingerprint density at radius 1 is 1.17 bits per heavy atom. The molecule has 0 saturated carbocycles. The van der Waals surface area contributed by atoms with E-state index in [1.165, 1.54) is 5.56 Å². The summed E-state index contributed by atoms with van der Waals surface area (Å²) in [6.07, 6.45) is 0.395. The third kappa shape index (κ3) is 5.98. The van der Waals surface area contributed by atoms with Crippen molar-refractivity contribution in [1.82, 2.24) is 4.90 Å². The zero-order chi connectivity index (χ0) is 25.5. The third-order valence-electron chi connectivity index (χ3n) is 7.27. The number of nitrogens with zero attached hydrogens (tertiary/aromatic N) is 1. The van der Waals surface area contributed by atoms with Crippen LogP contribution in [0.2, 0.25) is 0 Å². The Bertz CT molecular complexity index is 1100. The molecule has 2 heterocycles. The largest absolute Gasteiger partial charge is 0.493 e. The van der Waals surface area contributed by atoms with Gasteiger partial charge in [-0.1, -0.05) is 43.3 Å². The van der Waals surface area contributed by atoms with Crippen LogP contribution in [0.25, 0.3) is 0 Å². The molecule has 4 atom stereocenters. The van der Waals surface area contributed by atoms with Gasteiger partial charge in [-0.05, 0) is 52.6 Å². The van der Waals surface area contributed by atoms with Crippen molar-refractivity contribution in [1.29, 1.82) is 0 Å². The maximum Gasteiger partial charge on any atom is 0.167 e. The Kier molecular flexibility index (Phi) is 8.80. The average molecular weight is 510 g/mol. The Morgan fingerprint density at radius 2 is 1.97 bits per heavy atom. The maximum absolute atomic E-state index is 12.0. The normalized spacial score (nSPS) is 21.7. The molecule has 0 aliphatic carbocycles. The molecule has 2 aromatic carbocycles. The minimum atomic E-state index is -0.687. The molecule has 192 valence electrons. The fourth-order valence-corrected chi connectivity index (χ4v) is 5.58. The lowest BCUT2D eigenvalue weighted by atomic mass is 9.72. The quantitative estimate of drug-likeness (QED) is 0.350. The van der Waals surface area contributed by atoms with Crippen LogP contribution in [0.4, 0.5) is 0 Å². The number of carbonyl (C=O) groups excluding carboxylic acids is 1. The number of aliphatic hydroxyl groups excluding tert-OH is 1. The van der Waals surface area contributed by atoms with Gasteiger partial charge in [0.1, 0.15) is 0 Å². The molecular formula is C29H35NO5S. The van der Waals surface area contributed by atoms with Crippen molar-refractivity contribution in [2.24, 2.45) is 5.41 Å². The molecule has 1 N–H and O–H groups in total. The summed E-state index contributed by atoms with van der Waals surface area (Å²) < 4.78 is 17.7. The van der Waals surface area contributed by atoms with Crippen molar-refractivity contribution in [2.45, 2.75) is 45.1 Å². The molecule has 0 amide bonds. The van der Waals surface area contributed by atoms with Crippen LogP contribution in [0.1, 0.15) is 36.5 Å². The number of ether oxygens (including phenoxy) is 3. The maximum atomic E-state index is 12.0. The molecule has 4 rings (SSSR count). The van der Waals surface area contributed by atoms with Crippen LogP contribution in [-0.2, 0) is 22.6 Å². The number of methoxy groups -OCH3 is 1. The van der Waals surface area contributed by atoms with Gasteiger partial charge in [0.25, 0.3) is 0 Å². The van der Waals surface area contributed by atoms with Crippen molar-refractivity contribution in [3.8, 4) is 11.5 Å². The van der Waals surface area contributed by atoms with E-state index in [1.807, 2.05) is 60.4 Å². The predicted molar refractivity (Wildman–Crippen MR) is 142 cm³/mol. The molecule has 6 nitrogen and oxygen atoms in total. The van der Waals surface area contributed by atoms with Crippen LogP contribution in [-0.4, -0.2) is 55.4 Å². The molecule has 0 spiro atoms. The summed E-state index contributed by atoms with van der Waals surface area (Å²) in [5, 5.41) is 15.0. The van der Waals surface area contributed by atoms with Crippen LogP contribution in [0.15, 0.2) is 65.4 Å². The zero-order valence-electron chi connectivity index (χ0n) is 21.1. The van der Waals surface area contributed by atoms with Gasteiger partial charge in [-0.3, -0.25) is 9.69 Å². The number of carbonyl (C=O) groups is 1. The van der Waals surface area contributed by atoms with Gasteiger partial charge in [0.2, 0.25) is 0 Å². The molecule has 7 heteroatoms. The molecular weight excluding hydrogens is 474 g/mol. The average Bonchev–Trinajstić information content (AvgIpc) is 3.54. The Balaban J connectivity index is 1.51. The lowest BCUT2D eigenvalue weighted by Crippen LogP contribution is -2.41. The number of hydrogen-bond acceptors (Lipinski definition) is 7. The Labute approximate surface area is 217 Å². The topological polar surface area (TPSA) is 68.2 Å². The van der Waals surface area contributed by atoms with Gasteiger partial charge in [-0.15, -0.1) is 0 Å². The summed E-state index contributed by atoms with van der Waals surface area (Å²) in [5.41, 5.74) is 2.83. The number of thiophene rings is 1. The first-order chi connectivity index (χ1) is 17.4. The number of rotatable bonds is 12. The highest BCUT2D eigenvalue weighted by atomic mass is 32.1. The molecule has 1 saturated heterocycles. The van der Waals surface area contributed by atoms with Gasteiger partial charge < -0.3 is 19.3 Å². The molecule has 1 aliphatic rings. The molecule has 36 heavy (non-hydrogen) atoms. The summed E-state index contributed by atoms with van der Waals surface area (Å²) in [5.74, 6) is 1.34. The predicted octanol–water partition coefficient (Wildman–Crippen LogP) is 4.91. The van der Waals surface area contributed by atoms with Gasteiger partial charge in [0.15, 0.2) is 24.0 Å². The first kappa shape index (κ1) is 26.4. The van der Waals surface area contributed by atoms with Gasteiger partial charge in [-0.25, -0.2) is 0 Å². The van der Waals surface area contributed by atoms with Crippen LogP contribution in [0.3, 0.4) is 0 Å². The van der Waals surface area contributed by atoms with E-state index in [2.05, 4.69) is 23.8 Å². The van der Waals surface area contributed by atoms with E-state index in [-0.39, 0.29) is 5.92 Å². The van der Waals surface area contributed by atoms with Crippen LogP contribution < -0.4 is 9.47 Å². The van der Waals surface area contributed by atoms with E-state index in [1.54, 1.807) is 18.4 Å². The molecule has 1 unspecified atom stereocenters. The monoisotopic (exact) mass is 509 g/mol. The van der Waals surface area contributed by atoms with E-state index in [9.17, 15) is 9.90 Å². The van der Waals surface area contributed by atoms with E-state index in [4.69, 9.17) is 14.2 Å². The molecule has 1 aromatic heterocycles. The molecule has 1 fully saturated rings. The summed E-state index contributed by atoms with van der Waals surface area (Å²) in [4.78, 5) is 14.0. The Morgan fingerprint density at radius 3 is 2.64 bits per heavy atom. The fourth-order valence-electron chi connectivity index (χ4n) is 4.88. The molecule has 3 aromatic rings. The third-order valence-corrected chi connectivity index (χ3v) is 8.00. The lowest BCUT2D eigenvalue weighted by Gasteiger charge is -2.34. The highest BCUT2D eigenvalue weighted by Gasteiger charge is 2.49. The SMILES string of the molecule is COc1ccc([C@@H]2CN(C(C=O)OCc3ccccc3)C[C@@]2(C)[C@@H](C)O)cc1OCCc1ccsc1. The van der Waals surface area contributed by atoms with Gasteiger partial charge in [-0.2, -0.15) is 11.3 Å². The molecule has 0 radical (unpaired) electrons. The van der Waals surface area contributed by atoms with Crippen LogP contribution in [0, 0.1) is 5.41 Å². The molecule has 0 bridgehead atoms. The zero-order valence-corrected chi connectivity index (χ0v) is 21.9. The Hall–Kier alpha value is -2.71. The number of hydrogen-bond donors (Lipinski definition) is 1. The van der Waals surface area contributed by atoms with Crippen molar-refractivity contribution >= 4 is 17.6 Å². The summed E-state index contributed by atoms with van der Waals surface area (Å²) in [6, 6.07) is 17.9. The summed E-state index contributed by atoms with van der Waals surface area (Å²) in [6.45, 7) is 5.90. The van der Waals surface area contributed by atoms with Gasteiger partial charge in [0, 0.05) is 30.8 Å². The van der Waals surface area contributed by atoms with Gasteiger partial charge >= 0.3 is 0 Å². The fraction of sp³-hybridized carbons (Fsp3) is 0.414. The second-order valence-electron chi connectivity index (χ2n) is 9.63. The van der Waals surface area contributed by atoms with Crippen molar-refractivity contribution < 1.29 is 24.1 Å². The standard InChI is InChI=1S/C29H35NO5S/c1-21(32)29(2)20-30(28(17-31)35-18-22-7-5-4-6-8-22)16-25(29)24-9-10-26(33-3)27(15-24)34-13-11-23-12-14-36-19-23/h4-10,12,14-15,17,19,21,25,28,32H,11,13,16,18,20H2,1-3H3/t21-,25+,28?,29+/m1/s1.